The zero-order valence-corrected chi connectivity index (χ0v) is 16.0. The van der Waals surface area contributed by atoms with Crippen LogP contribution in [0.1, 0.15) is 38.1 Å². The Bertz CT molecular complexity index is 995. The first kappa shape index (κ1) is 18.8. The lowest BCUT2D eigenvalue weighted by molar-refractivity contribution is -0.131. The molecule has 1 aliphatic rings. The van der Waals surface area contributed by atoms with Gasteiger partial charge in [-0.25, -0.2) is 9.78 Å². The van der Waals surface area contributed by atoms with Crippen LogP contribution in [0, 0.1) is 11.8 Å². The highest BCUT2D eigenvalue weighted by Crippen LogP contribution is 2.30. The SMILES string of the molecule is CCOC(=O)c1c(OC(C)=O)c(-c2ccccc2)nc2c1=C[C@@H](C)[C@@H](C)C=2. The lowest BCUT2D eigenvalue weighted by Crippen LogP contribution is -2.40. The van der Waals surface area contributed by atoms with Gasteiger partial charge in [-0.05, 0) is 18.8 Å². The number of pyridine rings is 1. The summed E-state index contributed by atoms with van der Waals surface area (Å²) < 4.78 is 10.8. The third-order valence-corrected chi connectivity index (χ3v) is 4.67. The van der Waals surface area contributed by atoms with Crippen molar-refractivity contribution in [3.8, 4) is 17.0 Å². The molecule has 0 spiro atoms. The highest BCUT2D eigenvalue weighted by molar-refractivity contribution is 5.96. The van der Waals surface area contributed by atoms with E-state index < -0.39 is 11.9 Å². The second-order valence-electron chi connectivity index (χ2n) is 6.70. The van der Waals surface area contributed by atoms with Crippen molar-refractivity contribution in [2.75, 3.05) is 6.61 Å². The van der Waals surface area contributed by atoms with Crippen LogP contribution in [-0.4, -0.2) is 23.5 Å². The molecule has 27 heavy (non-hydrogen) atoms. The van der Waals surface area contributed by atoms with Crippen LogP contribution >= 0.6 is 0 Å². The Hall–Kier alpha value is -2.95. The van der Waals surface area contributed by atoms with Crippen LogP contribution in [0.25, 0.3) is 23.4 Å². The molecule has 2 atom stereocenters. The van der Waals surface area contributed by atoms with Gasteiger partial charge in [0.25, 0.3) is 0 Å². The van der Waals surface area contributed by atoms with E-state index in [9.17, 15) is 9.59 Å². The fourth-order valence-electron chi connectivity index (χ4n) is 3.15. The number of hydrogen-bond donors (Lipinski definition) is 0. The lowest BCUT2D eigenvalue weighted by Gasteiger charge is -2.20. The van der Waals surface area contributed by atoms with E-state index >= 15 is 0 Å². The Kier molecular flexibility index (Phi) is 5.40. The van der Waals surface area contributed by atoms with Gasteiger partial charge in [-0.2, -0.15) is 0 Å². The molecule has 0 amide bonds. The summed E-state index contributed by atoms with van der Waals surface area (Å²) in [6.45, 7) is 7.47. The number of nitrogens with zero attached hydrogens (tertiary/aromatic N) is 1. The molecule has 0 unspecified atom stereocenters. The number of fused-ring (bicyclic) bond motifs is 1. The molecule has 5 heteroatoms. The van der Waals surface area contributed by atoms with Crippen molar-refractivity contribution < 1.29 is 19.1 Å². The predicted molar refractivity (Wildman–Crippen MR) is 103 cm³/mol. The Labute approximate surface area is 158 Å². The van der Waals surface area contributed by atoms with Crippen molar-refractivity contribution >= 4 is 24.1 Å². The highest BCUT2D eigenvalue weighted by atomic mass is 16.5. The second kappa shape index (κ2) is 7.74. The van der Waals surface area contributed by atoms with Crippen molar-refractivity contribution in [2.24, 2.45) is 11.8 Å². The maximum absolute atomic E-state index is 12.8. The molecule has 5 nitrogen and oxygen atoms in total. The fraction of sp³-hybridized carbons (Fsp3) is 0.318. The van der Waals surface area contributed by atoms with E-state index in [1.165, 1.54) is 6.92 Å². The van der Waals surface area contributed by atoms with Gasteiger partial charge in [0, 0.05) is 17.7 Å². The number of carbonyl (C=O) groups excluding carboxylic acids is 2. The lowest BCUT2D eigenvalue weighted by atomic mass is 9.89. The molecule has 0 N–H and O–H groups in total. The van der Waals surface area contributed by atoms with Gasteiger partial charge in [0.05, 0.1) is 12.0 Å². The summed E-state index contributed by atoms with van der Waals surface area (Å²) in [5.74, 6) is -0.377. The number of ether oxygens (including phenoxy) is 2. The zero-order chi connectivity index (χ0) is 19.6. The molecule has 0 saturated heterocycles. The molecule has 1 aromatic carbocycles. The number of carbonyl (C=O) groups is 2. The van der Waals surface area contributed by atoms with Crippen LogP contribution in [0.15, 0.2) is 30.3 Å². The van der Waals surface area contributed by atoms with Crippen molar-refractivity contribution in [2.45, 2.75) is 27.7 Å². The van der Waals surface area contributed by atoms with Gasteiger partial charge in [-0.15, -0.1) is 0 Å². The van der Waals surface area contributed by atoms with Crippen LogP contribution < -0.4 is 15.3 Å². The molecule has 2 aromatic rings. The normalized spacial score (nSPS) is 17.9. The highest BCUT2D eigenvalue weighted by Gasteiger charge is 2.26. The minimum Gasteiger partial charge on any atom is -0.462 e. The molecule has 3 rings (SSSR count). The Morgan fingerprint density at radius 2 is 1.74 bits per heavy atom. The van der Waals surface area contributed by atoms with E-state index in [2.05, 4.69) is 13.8 Å². The molecule has 140 valence electrons. The first-order valence-corrected chi connectivity index (χ1v) is 9.11. The summed E-state index contributed by atoms with van der Waals surface area (Å²) in [4.78, 5) is 29.4. The largest absolute Gasteiger partial charge is 0.462 e. The van der Waals surface area contributed by atoms with E-state index in [0.717, 1.165) is 5.56 Å². The molecule has 1 aromatic heterocycles. The third kappa shape index (κ3) is 3.77. The Morgan fingerprint density at radius 1 is 1.07 bits per heavy atom. The van der Waals surface area contributed by atoms with Gasteiger partial charge < -0.3 is 9.47 Å². The number of hydrogen-bond acceptors (Lipinski definition) is 5. The molecule has 0 aliphatic heterocycles. The van der Waals surface area contributed by atoms with Gasteiger partial charge in [-0.1, -0.05) is 56.3 Å². The van der Waals surface area contributed by atoms with Crippen molar-refractivity contribution in [3.63, 3.8) is 0 Å². The van der Waals surface area contributed by atoms with E-state index in [1.54, 1.807) is 6.92 Å². The van der Waals surface area contributed by atoms with E-state index in [0.29, 0.717) is 16.3 Å². The molecule has 0 bridgehead atoms. The fourth-order valence-corrected chi connectivity index (χ4v) is 3.15. The number of esters is 2. The summed E-state index contributed by atoms with van der Waals surface area (Å²) in [6.07, 6.45) is 4.05. The smallest absolute Gasteiger partial charge is 0.342 e. The summed E-state index contributed by atoms with van der Waals surface area (Å²) in [7, 11) is 0. The average Bonchev–Trinajstić information content (AvgIpc) is 2.63. The molecule has 1 aliphatic carbocycles. The first-order valence-electron chi connectivity index (χ1n) is 9.11. The first-order chi connectivity index (χ1) is 12.9. The summed E-state index contributed by atoms with van der Waals surface area (Å²) in [5, 5.41) is 1.37. The number of rotatable bonds is 4. The monoisotopic (exact) mass is 365 g/mol. The number of aromatic nitrogens is 1. The van der Waals surface area contributed by atoms with Gasteiger partial charge in [-0.3, -0.25) is 4.79 Å². The van der Waals surface area contributed by atoms with Crippen LogP contribution in [0.3, 0.4) is 0 Å². The Morgan fingerprint density at radius 3 is 2.37 bits per heavy atom. The van der Waals surface area contributed by atoms with Gasteiger partial charge >= 0.3 is 11.9 Å². The van der Waals surface area contributed by atoms with Gasteiger partial charge in [0.15, 0.2) is 5.75 Å². The van der Waals surface area contributed by atoms with E-state index in [1.807, 2.05) is 42.5 Å². The van der Waals surface area contributed by atoms with Gasteiger partial charge in [0.2, 0.25) is 0 Å². The standard InChI is InChI=1S/C22H23NO4/c1-5-26-22(25)19-17-11-13(2)14(3)12-18(17)23-20(21(19)27-15(4)24)16-9-7-6-8-10-16/h6-14H,5H2,1-4H3/t13-,14+/m1/s1. The van der Waals surface area contributed by atoms with Crippen LogP contribution in [0.2, 0.25) is 0 Å². The third-order valence-electron chi connectivity index (χ3n) is 4.67. The average molecular weight is 365 g/mol. The van der Waals surface area contributed by atoms with Crippen LogP contribution in [0.4, 0.5) is 0 Å². The van der Waals surface area contributed by atoms with Crippen LogP contribution in [0.5, 0.6) is 5.75 Å². The minimum absolute atomic E-state index is 0.150. The van der Waals surface area contributed by atoms with Gasteiger partial charge in [0.1, 0.15) is 11.3 Å². The van der Waals surface area contributed by atoms with Crippen molar-refractivity contribution in [1.82, 2.24) is 4.98 Å². The molecule has 1 heterocycles. The minimum atomic E-state index is -0.518. The molecule has 0 fully saturated rings. The summed E-state index contributed by atoms with van der Waals surface area (Å²) >= 11 is 0. The second-order valence-corrected chi connectivity index (χ2v) is 6.70. The van der Waals surface area contributed by atoms with Crippen molar-refractivity contribution in [3.05, 3.63) is 46.5 Å². The van der Waals surface area contributed by atoms with E-state index in [-0.39, 0.29) is 29.8 Å². The molecule has 0 saturated carbocycles. The number of benzene rings is 1. The van der Waals surface area contributed by atoms with E-state index in [4.69, 9.17) is 14.5 Å². The quantitative estimate of drug-likeness (QED) is 0.780. The molecule has 0 radical (unpaired) electrons. The summed E-state index contributed by atoms with van der Waals surface area (Å²) in [6, 6.07) is 9.38. The zero-order valence-electron chi connectivity index (χ0n) is 16.0. The maximum atomic E-state index is 12.8. The molecular weight excluding hydrogens is 342 g/mol. The van der Waals surface area contributed by atoms with Crippen molar-refractivity contribution in [1.29, 1.82) is 0 Å². The maximum Gasteiger partial charge on any atom is 0.342 e. The predicted octanol–water partition coefficient (Wildman–Crippen LogP) is 2.70. The topological polar surface area (TPSA) is 65.5 Å². The molecular formula is C22H23NO4. The van der Waals surface area contributed by atoms with Crippen LogP contribution in [-0.2, 0) is 9.53 Å². The Balaban J connectivity index is 2.42. The summed E-state index contributed by atoms with van der Waals surface area (Å²) in [5.41, 5.74) is 1.48.